The first kappa shape index (κ1) is 64.7. The van der Waals surface area contributed by atoms with Gasteiger partial charge in [0.15, 0.2) is 0 Å². The molecular weight excluding hydrogens is 845 g/mol. The van der Waals surface area contributed by atoms with Gasteiger partial charge in [0, 0.05) is 65.4 Å². The lowest BCUT2D eigenvalue weighted by molar-refractivity contribution is -0.145. The molecule has 0 amide bonds. The lowest BCUT2D eigenvalue weighted by atomic mass is 10.1. The van der Waals surface area contributed by atoms with E-state index in [2.05, 4.69) is 54.3 Å². The second-order valence-corrected chi connectivity index (χ2v) is 19.2. The van der Waals surface area contributed by atoms with E-state index in [1.165, 1.54) is 129 Å². The third-order valence-electron chi connectivity index (χ3n) is 12.9. The first-order valence-electron chi connectivity index (χ1n) is 28.1. The van der Waals surface area contributed by atoms with Crippen LogP contribution in [-0.2, 0) is 38.1 Å². The fourth-order valence-electron chi connectivity index (χ4n) is 8.19. The summed E-state index contributed by atoms with van der Waals surface area (Å²) in [6.45, 7) is 18.4. The smallest absolute Gasteiger partial charge is 0.307 e. The molecule has 0 N–H and O–H groups in total. The number of methoxy groups -OCH3 is 1. The summed E-state index contributed by atoms with van der Waals surface area (Å²) in [7, 11) is 3.56. The van der Waals surface area contributed by atoms with Crippen LogP contribution in [0.4, 0.5) is 0 Å². The minimum absolute atomic E-state index is 0.169. The van der Waals surface area contributed by atoms with Crippen LogP contribution in [0.3, 0.4) is 0 Å². The molecule has 0 aliphatic rings. The molecule has 0 saturated carbocycles. The number of likely N-dealkylation sites (N-methyl/N-ethyl adjacent to an activating group) is 1. The van der Waals surface area contributed by atoms with Gasteiger partial charge in [-0.1, -0.05) is 175 Å². The molecular formula is C55H108N4O8. The van der Waals surface area contributed by atoms with Crippen molar-refractivity contribution in [1.29, 1.82) is 0 Å². The highest BCUT2D eigenvalue weighted by atomic mass is 16.5. The van der Waals surface area contributed by atoms with Gasteiger partial charge in [0.25, 0.3) is 0 Å². The highest BCUT2D eigenvalue weighted by molar-refractivity contribution is 5.70. The standard InChI is InChI=1S/C55H108N4O8/c1-7-11-15-18-21-24-27-31-49-65-53(61)35-40-58(41-36-54(62)66-50-32-28-25-22-19-16-12-8-2)46-44-56(5)43-45-57(38-30-14-10-4)47-48-59(39-34-52(60)64-6)42-37-55(63)67-51-33-29-26-23-20-17-13-9-3/h7-51H2,1-6H3. The van der Waals surface area contributed by atoms with E-state index in [1.807, 2.05) is 0 Å². The molecule has 396 valence electrons. The van der Waals surface area contributed by atoms with Crippen LogP contribution in [0.15, 0.2) is 0 Å². The van der Waals surface area contributed by atoms with Crippen LogP contribution < -0.4 is 0 Å². The number of carbonyl (C=O) groups excluding carboxylic acids is 4. The number of esters is 4. The summed E-state index contributed by atoms with van der Waals surface area (Å²) >= 11 is 0. The molecule has 0 spiro atoms. The molecule has 12 heteroatoms. The molecule has 0 saturated heterocycles. The van der Waals surface area contributed by atoms with Crippen molar-refractivity contribution in [2.45, 2.75) is 227 Å². The summed E-state index contributed by atoms with van der Waals surface area (Å²) in [5.41, 5.74) is 0. The first-order valence-corrected chi connectivity index (χ1v) is 28.1. The second-order valence-electron chi connectivity index (χ2n) is 19.2. The van der Waals surface area contributed by atoms with Gasteiger partial charge in [-0.3, -0.25) is 19.2 Å². The van der Waals surface area contributed by atoms with E-state index in [4.69, 9.17) is 18.9 Å². The maximum absolute atomic E-state index is 12.8. The van der Waals surface area contributed by atoms with Crippen molar-refractivity contribution in [2.75, 3.05) is 106 Å². The third-order valence-corrected chi connectivity index (χ3v) is 12.9. The summed E-state index contributed by atoms with van der Waals surface area (Å²) in [4.78, 5) is 59.6. The minimum Gasteiger partial charge on any atom is -0.469 e. The molecule has 0 rings (SSSR count). The summed E-state index contributed by atoms with van der Waals surface area (Å²) in [6.07, 6.45) is 33.5. The number of hydrogen-bond donors (Lipinski definition) is 0. The van der Waals surface area contributed by atoms with E-state index in [9.17, 15) is 19.2 Å². The lowest BCUT2D eigenvalue weighted by Gasteiger charge is -2.30. The molecule has 0 radical (unpaired) electrons. The molecule has 0 atom stereocenters. The van der Waals surface area contributed by atoms with Crippen LogP contribution in [0.5, 0.6) is 0 Å². The average Bonchev–Trinajstić information content (AvgIpc) is 3.33. The molecule has 0 bridgehead atoms. The average molecular weight is 953 g/mol. The highest BCUT2D eigenvalue weighted by Crippen LogP contribution is 2.12. The van der Waals surface area contributed by atoms with Crippen molar-refractivity contribution in [1.82, 2.24) is 19.6 Å². The predicted octanol–water partition coefficient (Wildman–Crippen LogP) is 11.8. The minimum atomic E-state index is -0.246. The zero-order valence-electron chi connectivity index (χ0n) is 44.9. The van der Waals surface area contributed by atoms with E-state index < -0.39 is 0 Å². The van der Waals surface area contributed by atoms with E-state index in [0.29, 0.717) is 65.3 Å². The quantitative estimate of drug-likeness (QED) is 0.0328. The first-order chi connectivity index (χ1) is 32.7. The van der Waals surface area contributed by atoms with Crippen molar-refractivity contribution in [3.8, 4) is 0 Å². The van der Waals surface area contributed by atoms with Gasteiger partial charge in [-0.05, 0) is 39.3 Å². The van der Waals surface area contributed by atoms with Gasteiger partial charge < -0.3 is 38.5 Å². The molecule has 67 heavy (non-hydrogen) atoms. The topological polar surface area (TPSA) is 118 Å². The number of nitrogens with zero attached hydrogens (tertiary/aromatic N) is 4. The SMILES string of the molecule is CCCCCCCCCCOC(=O)CCN(CCC(=O)OCCCCCCCCCC)CCN(C)CCN(CCCCC)CCN(CCC(=O)OC)CCC(=O)OCCCCCCCCCC. The molecule has 0 aromatic carbocycles. The summed E-state index contributed by atoms with van der Waals surface area (Å²) in [5, 5.41) is 0. The van der Waals surface area contributed by atoms with Crippen LogP contribution in [0.1, 0.15) is 227 Å². The highest BCUT2D eigenvalue weighted by Gasteiger charge is 2.17. The number of hydrogen-bond acceptors (Lipinski definition) is 12. The zero-order chi connectivity index (χ0) is 49.3. The molecule has 0 heterocycles. The third kappa shape index (κ3) is 45.9. The van der Waals surface area contributed by atoms with Gasteiger partial charge in [0.1, 0.15) is 0 Å². The second kappa shape index (κ2) is 50.1. The Kier molecular flexibility index (Phi) is 48.4. The van der Waals surface area contributed by atoms with E-state index in [-0.39, 0.29) is 30.3 Å². The van der Waals surface area contributed by atoms with Crippen molar-refractivity contribution >= 4 is 23.9 Å². The fraction of sp³-hybridized carbons (Fsp3) is 0.927. The molecule has 0 aliphatic heterocycles. The molecule has 0 fully saturated rings. The summed E-state index contributed by atoms with van der Waals surface area (Å²) < 4.78 is 21.8. The Balaban J connectivity index is 5.17. The molecule has 12 nitrogen and oxygen atoms in total. The fourth-order valence-corrected chi connectivity index (χ4v) is 8.19. The monoisotopic (exact) mass is 953 g/mol. The van der Waals surface area contributed by atoms with Crippen molar-refractivity contribution in [3.63, 3.8) is 0 Å². The van der Waals surface area contributed by atoms with Crippen molar-refractivity contribution in [2.24, 2.45) is 0 Å². The number of carbonyl (C=O) groups is 4. The summed E-state index contributed by atoms with van der Waals surface area (Å²) in [6, 6.07) is 0. The largest absolute Gasteiger partial charge is 0.469 e. The Labute approximate surface area is 413 Å². The normalized spacial score (nSPS) is 11.6. The Morgan fingerprint density at radius 1 is 0.299 bits per heavy atom. The summed E-state index contributed by atoms with van der Waals surface area (Å²) in [5.74, 6) is -0.757. The molecule has 0 aliphatic carbocycles. The molecule has 0 unspecified atom stereocenters. The van der Waals surface area contributed by atoms with Crippen LogP contribution in [0.2, 0.25) is 0 Å². The van der Waals surface area contributed by atoms with Crippen LogP contribution in [0.25, 0.3) is 0 Å². The van der Waals surface area contributed by atoms with Gasteiger partial charge in [0.2, 0.25) is 0 Å². The van der Waals surface area contributed by atoms with E-state index in [1.54, 1.807) is 0 Å². The van der Waals surface area contributed by atoms with Gasteiger partial charge in [-0.25, -0.2) is 0 Å². The van der Waals surface area contributed by atoms with E-state index >= 15 is 0 Å². The van der Waals surface area contributed by atoms with Crippen LogP contribution in [0, 0.1) is 0 Å². The van der Waals surface area contributed by atoms with Crippen molar-refractivity contribution < 1.29 is 38.1 Å². The number of unbranched alkanes of at least 4 members (excludes halogenated alkanes) is 23. The van der Waals surface area contributed by atoms with Crippen LogP contribution in [-0.4, -0.2) is 149 Å². The Hall–Kier alpha value is -2.28. The Bertz CT molecular complexity index is 1090. The molecule has 0 aromatic rings. The molecule has 0 aromatic heterocycles. The predicted molar refractivity (Wildman–Crippen MR) is 278 cm³/mol. The maximum Gasteiger partial charge on any atom is 0.307 e. The zero-order valence-corrected chi connectivity index (χ0v) is 44.9. The number of ether oxygens (including phenoxy) is 4. The van der Waals surface area contributed by atoms with E-state index in [0.717, 1.165) is 97.2 Å². The maximum atomic E-state index is 12.8. The lowest BCUT2D eigenvalue weighted by Crippen LogP contribution is -2.42. The van der Waals surface area contributed by atoms with Gasteiger partial charge in [-0.2, -0.15) is 0 Å². The van der Waals surface area contributed by atoms with Crippen LogP contribution >= 0.6 is 0 Å². The van der Waals surface area contributed by atoms with Gasteiger partial charge in [0.05, 0.1) is 52.6 Å². The number of rotatable bonds is 52. The van der Waals surface area contributed by atoms with Gasteiger partial charge >= 0.3 is 23.9 Å². The Morgan fingerprint density at radius 2 is 0.552 bits per heavy atom. The van der Waals surface area contributed by atoms with Crippen molar-refractivity contribution in [3.05, 3.63) is 0 Å². The Morgan fingerprint density at radius 3 is 0.866 bits per heavy atom. The van der Waals surface area contributed by atoms with Gasteiger partial charge in [-0.15, -0.1) is 0 Å².